The first-order chi connectivity index (χ1) is 7.44. The third kappa shape index (κ3) is 4.10. The van der Waals surface area contributed by atoms with Gasteiger partial charge in [0.25, 0.3) is 0 Å². The van der Waals surface area contributed by atoms with Gasteiger partial charge in [-0.3, -0.25) is 9.69 Å². The van der Waals surface area contributed by atoms with E-state index in [1.165, 1.54) is 0 Å². The molecule has 0 aromatic carbocycles. The van der Waals surface area contributed by atoms with Crippen LogP contribution in [-0.2, 0) is 4.79 Å². The number of hydrogen-bond donors (Lipinski definition) is 1. The second-order valence-corrected chi connectivity index (χ2v) is 5.63. The Morgan fingerprint density at radius 2 is 1.94 bits per heavy atom. The van der Waals surface area contributed by atoms with Crippen LogP contribution >= 0.6 is 0 Å². The Hall–Kier alpha value is -0.610. The number of nitrogens with two attached hydrogens (primary N) is 1. The molecule has 0 aromatic heterocycles. The van der Waals surface area contributed by atoms with E-state index >= 15 is 0 Å². The summed E-state index contributed by atoms with van der Waals surface area (Å²) in [6.45, 7) is 8.16. The molecule has 1 amide bonds. The summed E-state index contributed by atoms with van der Waals surface area (Å²) in [5.41, 5.74) is 5.77. The van der Waals surface area contributed by atoms with Gasteiger partial charge < -0.3 is 10.6 Å². The second-order valence-electron chi connectivity index (χ2n) is 5.63. The summed E-state index contributed by atoms with van der Waals surface area (Å²) >= 11 is 0. The van der Waals surface area contributed by atoms with E-state index in [0.717, 1.165) is 32.5 Å². The Balaban J connectivity index is 2.33. The molecule has 0 radical (unpaired) electrons. The monoisotopic (exact) mass is 227 g/mol. The maximum absolute atomic E-state index is 11.9. The van der Waals surface area contributed by atoms with Crippen LogP contribution in [0.1, 0.15) is 26.7 Å². The Kier molecular flexibility index (Phi) is 4.74. The fourth-order valence-electron chi connectivity index (χ4n) is 2.15. The van der Waals surface area contributed by atoms with Crippen molar-refractivity contribution >= 4 is 5.91 Å². The summed E-state index contributed by atoms with van der Waals surface area (Å²) in [5, 5.41) is 0. The van der Waals surface area contributed by atoms with Gasteiger partial charge in [-0.15, -0.1) is 0 Å². The number of hydrogen-bond acceptors (Lipinski definition) is 3. The first kappa shape index (κ1) is 13.5. The summed E-state index contributed by atoms with van der Waals surface area (Å²) in [4.78, 5) is 15.9. The van der Waals surface area contributed by atoms with E-state index in [1.807, 2.05) is 11.9 Å². The highest BCUT2D eigenvalue weighted by Crippen LogP contribution is 2.14. The molecular formula is C12H25N3O. The normalized spacial score (nSPS) is 17.2. The van der Waals surface area contributed by atoms with Crippen molar-refractivity contribution in [3.63, 3.8) is 0 Å². The first-order valence-corrected chi connectivity index (χ1v) is 6.11. The number of rotatable bonds is 5. The Morgan fingerprint density at radius 3 is 2.44 bits per heavy atom. The van der Waals surface area contributed by atoms with Gasteiger partial charge in [0, 0.05) is 19.6 Å². The lowest BCUT2D eigenvalue weighted by atomic mass is 9.93. The lowest BCUT2D eigenvalue weighted by molar-refractivity contribution is -0.131. The van der Waals surface area contributed by atoms with Gasteiger partial charge in [-0.2, -0.15) is 0 Å². The SMILES string of the molecule is CN(CC(=O)N1CCCC1)CC(C)(C)CN. The quantitative estimate of drug-likeness (QED) is 0.745. The second kappa shape index (κ2) is 5.64. The van der Waals surface area contributed by atoms with E-state index in [1.54, 1.807) is 0 Å². The van der Waals surface area contributed by atoms with E-state index in [-0.39, 0.29) is 11.3 Å². The molecule has 1 heterocycles. The van der Waals surface area contributed by atoms with Crippen LogP contribution in [0, 0.1) is 5.41 Å². The van der Waals surface area contributed by atoms with Crippen molar-refractivity contribution in [2.75, 3.05) is 39.8 Å². The fraction of sp³-hybridized carbons (Fsp3) is 0.917. The van der Waals surface area contributed by atoms with Crippen molar-refractivity contribution in [3.8, 4) is 0 Å². The summed E-state index contributed by atoms with van der Waals surface area (Å²) < 4.78 is 0. The zero-order valence-electron chi connectivity index (χ0n) is 10.8. The van der Waals surface area contributed by atoms with E-state index in [0.29, 0.717) is 13.1 Å². The molecule has 0 bridgehead atoms. The highest BCUT2D eigenvalue weighted by Gasteiger charge is 2.22. The van der Waals surface area contributed by atoms with E-state index in [9.17, 15) is 4.79 Å². The molecule has 16 heavy (non-hydrogen) atoms. The molecule has 4 heteroatoms. The number of nitrogens with zero attached hydrogens (tertiary/aromatic N) is 2. The average Bonchev–Trinajstić information content (AvgIpc) is 2.69. The minimum Gasteiger partial charge on any atom is -0.342 e. The van der Waals surface area contributed by atoms with Crippen LogP contribution in [0.2, 0.25) is 0 Å². The third-order valence-electron chi connectivity index (χ3n) is 3.11. The summed E-state index contributed by atoms with van der Waals surface area (Å²) in [5.74, 6) is 0.257. The topological polar surface area (TPSA) is 49.6 Å². The minimum atomic E-state index is 0.0834. The summed E-state index contributed by atoms with van der Waals surface area (Å²) in [7, 11) is 1.99. The van der Waals surface area contributed by atoms with Crippen LogP contribution < -0.4 is 5.73 Å². The molecule has 4 nitrogen and oxygen atoms in total. The number of carbonyl (C=O) groups excluding carboxylic acids is 1. The molecule has 2 N–H and O–H groups in total. The lowest BCUT2D eigenvalue weighted by Gasteiger charge is -2.29. The fourth-order valence-corrected chi connectivity index (χ4v) is 2.15. The predicted molar refractivity (Wildman–Crippen MR) is 66.1 cm³/mol. The van der Waals surface area contributed by atoms with Gasteiger partial charge in [-0.1, -0.05) is 13.8 Å². The Bertz CT molecular complexity index is 234. The van der Waals surface area contributed by atoms with Gasteiger partial charge in [0.2, 0.25) is 5.91 Å². The summed E-state index contributed by atoms with van der Waals surface area (Å²) in [6, 6.07) is 0. The molecule has 0 atom stereocenters. The minimum absolute atomic E-state index is 0.0834. The molecular weight excluding hydrogens is 202 g/mol. The molecule has 1 aliphatic heterocycles. The molecule has 0 saturated carbocycles. The van der Waals surface area contributed by atoms with Crippen molar-refractivity contribution in [3.05, 3.63) is 0 Å². The molecule has 0 aliphatic carbocycles. The van der Waals surface area contributed by atoms with Gasteiger partial charge in [-0.05, 0) is 31.8 Å². The third-order valence-corrected chi connectivity index (χ3v) is 3.11. The Morgan fingerprint density at radius 1 is 1.38 bits per heavy atom. The van der Waals surface area contributed by atoms with Crippen molar-refractivity contribution in [1.82, 2.24) is 9.80 Å². The highest BCUT2D eigenvalue weighted by atomic mass is 16.2. The van der Waals surface area contributed by atoms with E-state index in [4.69, 9.17) is 5.73 Å². The molecule has 0 aromatic rings. The van der Waals surface area contributed by atoms with Crippen LogP contribution in [0.15, 0.2) is 0 Å². The van der Waals surface area contributed by atoms with Gasteiger partial charge >= 0.3 is 0 Å². The smallest absolute Gasteiger partial charge is 0.236 e. The molecule has 1 aliphatic rings. The molecule has 0 unspecified atom stereocenters. The summed E-state index contributed by atoms with van der Waals surface area (Å²) in [6.07, 6.45) is 2.31. The zero-order valence-corrected chi connectivity index (χ0v) is 10.8. The number of likely N-dealkylation sites (N-methyl/N-ethyl adjacent to an activating group) is 1. The number of amides is 1. The van der Waals surface area contributed by atoms with Gasteiger partial charge in [-0.25, -0.2) is 0 Å². The lowest BCUT2D eigenvalue weighted by Crippen LogP contribution is -2.42. The zero-order chi connectivity index (χ0) is 12.2. The molecule has 0 spiro atoms. The number of carbonyl (C=O) groups is 1. The van der Waals surface area contributed by atoms with Crippen molar-refractivity contribution < 1.29 is 4.79 Å². The molecule has 94 valence electrons. The highest BCUT2D eigenvalue weighted by molar-refractivity contribution is 5.78. The van der Waals surface area contributed by atoms with Crippen molar-refractivity contribution in [2.45, 2.75) is 26.7 Å². The standard InChI is InChI=1S/C12H25N3O/c1-12(2,9-13)10-14(3)8-11(16)15-6-4-5-7-15/h4-10,13H2,1-3H3. The maximum atomic E-state index is 11.9. The van der Waals surface area contributed by atoms with Gasteiger partial charge in [0.15, 0.2) is 0 Å². The van der Waals surface area contributed by atoms with Crippen molar-refractivity contribution in [2.24, 2.45) is 11.1 Å². The van der Waals surface area contributed by atoms with Crippen LogP contribution in [0.5, 0.6) is 0 Å². The van der Waals surface area contributed by atoms with Gasteiger partial charge in [0.05, 0.1) is 6.54 Å². The van der Waals surface area contributed by atoms with Crippen LogP contribution in [0.25, 0.3) is 0 Å². The molecule has 1 fully saturated rings. The van der Waals surface area contributed by atoms with Crippen molar-refractivity contribution in [1.29, 1.82) is 0 Å². The van der Waals surface area contributed by atoms with Gasteiger partial charge in [0.1, 0.15) is 0 Å². The molecule has 1 saturated heterocycles. The first-order valence-electron chi connectivity index (χ1n) is 6.11. The molecule has 1 rings (SSSR count). The Labute approximate surface area is 98.8 Å². The largest absolute Gasteiger partial charge is 0.342 e. The predicted octanol–water partition coefficient (Wildman–Crippen LogP) is 0.526. The van der Waals surface area contributed by atoms with E-state index in [2.05, 4.69) is 18.7 Å². The average molecular weight is 227 g/mol. The van der Waals surface area contributed by atoms with E-state index < -0.39 is 0 Å². The number of likely N-dealkylation sites (tertiary alicyclic amines) is 1. The maximum Gasteiger partial charge on any atom is 0.236 e. The van der Waals surface area contributed by atoms with Crippen LogP contribution in [0.3, 0.4) is 0 Å². The van der Waals surface area contributed by atoms with Crippen LogP contribution in [0.4, 0.5) is 0 Å². The van der Waals surface area contributed by atoms with Crippen LogP contribution in [-0.4, -0.2) is 55.5 Å².